The van der Waals surface area contributed by atoms with Gasteiger partial charge in [-0.15, -0.1) is 0 Å². The number of hydrogen-bond acceptors (Lipinski definition) is 2. The zero-order valence-electron chi connectivity index (χ0n) is 11.1. The maximum Gasteiger partial charge on any atom is 0.228 e. The van der Waals surface area contributed by atoms with E-state index >= 15 is 0 Å². The highest BCUT2D eigenvalue weighted by atomic mass is 127. The molecule has 0 saturated heterocycles. The summed E-state index contributed by atoms with van der Waals surface area (Å²) in [6.07, 6.45) is 0.478. The van der Waals surface area contributed by atoms with Crippen molar-refractivity contribution in [3.63, 3.8) is 0 Å². The van der Waals surface area contributed by atoms with Crippen LogP contribution in [0, 0.1) is 3.57 Å². The van der Waals surface area contributed by atoms with Crippen LogP contribution in [0.5, 0.6) is 0 Å². The highest BCUT2D eigenvalue weighted by Crippen LogP contribution is 2.29. The summed E-state index contributed by atoms with van der Waals surface area (Å²) in [5.74, 6) is 0.0763. The van der Waals surface area contributed by atoms with E-state index in [1.165, 1.54) is 14.7 Å². The van der Waals surface area contributed by atoms with Gasteiger partial charge < -0.3 is 10.6 Å². The van der Waals surface area contributed by atoms with E-state index in [4.69, 9.17) is 0 Å². The van der Waals surface area contributed by atoms with Gasteiger partial charge in [-0.2, -0.15) is 0 Å². The first-order valence-electron chi connectivity index (χ1n) is 6.53. The van der Waals surface area contributed by atoms with E-state index < -0.39 is 0 Å². The SMILES string of the molecule is CNC(c1ccc(I)cc1)c1ccc2c(c1)CC(=O)N2. The molecule has 1 amide bonds. The molecule has 1 heterocycles. The number of benzene rings is 2. The average Bonchev–Trinajstić information content (AvgIpc) is 2.81. The topological polar surface area (TPSA) is 41.1 Å². The molecule has 102 valence electrons. The smallest absolute Gasteiger partial charge is 0.228 e. The highest BCUT2D eigenvalue weighted by molar-refractivity contribution is 14.1. The first-order chi connectivity index (χ1) is 9.67. The maximum absolute atomic E-state index is 11.4. The quantitative estimate of drug-likeness (QED) is 0.807. The number of halogens is 1. The number of carbonyl (C=O) groups excluding carboxylic acids is 1. The van der Waals surface area contributed by atoms with Crippen molar-refractivity contribution in [2.24, 2.45) is 0 Å². The Bertz CT molecular complexity index is 652. The van der Waals surface area contributed by atoms with E-state index in [0.717, 1.165) is 11.3 Å². The Morgan fingerprint density at radius 2 is 1.85 bits per heavy atom. The highest BCUT2D eigenvalue weighted by Gasteiger charge is 2.20. The average molecular weight is 378 g/mol. The molecule has 2 aromatic rings. The van der Waals surface area contributed by atoms with Gasteiger partial charge in [0.05, 0.1) is 12.5 Å². The van der Waals surface area contributed by atoms with Crippen molar-refractivity contribution >= 4 is 34.2 Å². The molecule has 0 fully saturated rings. The normalized spacial score (nSPS) is 14.8. The Labute approximate surface area is 131 Å². The standard InChI is InChI=1S/C16H15IN2O/c1-18-16(10-2-5-13(17)6-3-10)11-4-7-14-12(8-11)9-15(20)19-14/h2-8,16,18H,9H2,1H3,(H,19,20). The Hall–Kier alpha value is -1.40. The van der Waals surface area contributed by atoms with Crippen LogP contribution < -0.4 is 10.6 Å². The van der Waals surface area contributed by atoms with E-state index in [2.05, 4.69) is 69.6 Å². The van der Waals surface area contributed by atoms with Crippen molar-refractivity contribution in [2.75, 3.05) is 12.4 Å². The predicted octanol–water partition coefficient (Wildman–Crippen LogP) is 3.09. The monoisotopic (exact) mass is 378 g/mol. The van der Waals surface area contributed by atoms with E-state index in [9.17, 15) is 4.79 Å². The fourth-order valence-corrected chi connectivity index (χ4v) is 2.97. The van der Waals surface area contributed by atoms with Crippen molar-refractivity contribution in [3.8, 4) is 0 Å². The number of nitrogens with one attached hydrogen (secondary N) is 2. The molecular formula is C16H15IN2O. The van der Waals surface area contributed by atoms with Crippen LogP contribution in [0.25, 0.3) is 0 Å². The van der Waals surface area contributed by atoms with Crippen molar-refractivity contribution in [1.82, 2.24) is 5.32 Å². The molecule has 2 aromatic carbocycles. The third-order valence-corrected chi connectivity index (χ3v) is 4.30. The second-order valence-electron chi connectivity index (χ2n) is 4.91. The molecule has 20 heavy (non-hydrogen) atoms. The third kappa shape index (κ3) is 2.58. The maximum atomic E-state index is 11.4. The molecule has 0 radical (unpaired) electrons. The molecule has 4 heteroatoms. The van der Waals surface area contributed by atoms with Crippen molar-refractivity contribution < 1.29 is 4.79 Å². The zero-order chi connectivity index (χ0) is 14.1. The molecule has 1 aliphatic rings. The molecule has 0 aromatic heterocycles. The van der Waals surface area contributed by atoms with Crippen molar-refractivity contribution in [1.29, 1.82) is 0 Å². The van der Waals surface area contributed by atoms with Gasteiger partial charge in [-0.3, -0.25) is 4.79 Å². The molecule has 0 aliphatic carbocycles. The first kappa shape index (κ1) is 13.6. The van der Waals surface area contributed by atoms with Gasteiger partial charge in [0.25, 0.3) is 0 Å². The number of rotatable bonds is 3. The fourth-order valence-electron chi connectivity index (χ4n) is 2.61. The van der Waals surface area contributed by atoms with Gasteiger partial charge in [0, 0.05) is 9.26 Å². The fraction of sp³-hybridized carbons (Fsp3) is 0.188. The summed E-state index contributed by atoms with van der Waals surface area (Å²) in [5.41, 5.74) is 4.43. The lowest BCUT2D eigenvalue weighted by Crippen LogP contribution is -2.17. The number of fused-ring (bicyclic) bond motifs is 1. The van der Waals surface area contributed by atoms with E-state index in [-0.39, 0.29) is 11.9 Å². The summed E-state index contributed by atoms with van der Waals surface area (Å²) in [4.78, 5) is 11.4. The van der Waals surface area contributed by atoms with E-state index in [0.29, 0.717) is 6.42 Å². The lowest BCUT2D eigenvalue weighted by atomic mass is 9.96. The third-order valence-electron chi connectivity index (χ3n) is 3.58. The van der Waals surface area contributed by atoms with E-state index in [1.54, 1.807) is 0 Å². The minimum Gasteiger partial charge on any atom is -0.326 e. The zero-order valence-corrected chi connectivity index (χ0v) is 13.3. The van der Waals surface area contributed by atoms with Crippen molar-refractivity contribution in [2.45, 2.75) is 12.5 Å². The Kier molecular flexibility index (Phi) is 3.76. The van der Waals surface area contributed by atoms with Crippen LogP contribution in [0.4, 0.5) is 5.69 Å². The molecule has 0 spiro atoms. The van der Waals surface area contributed by atoms with Crippen LogP contribution in [0.15, 0.2) is 42.5 Å². The first-order valence-corrected chi connectivity index (χ1v) is 7.60. The van der Waals surface area contributed by atoms with Gasteiger partial charge in [-0.1, -0.05) is 24.3 Å². The second-order valence-corrected chi connectivity index (χ2v) is 6.16. The number of carbonyl (C=O) groups is 1. The molecule has 0 saturated carbocycles. The van der Waals surface area contributed by atoms with Crippen LogP contribution >= 0.6 is 22.6 Å². The van der Waals surface area contributed by atoms with Crippen LogP contribution in [-0.2, 0) is 11.2 Å². The van der Waals surface area contributed by atoms with Crippen LogP contribution in [0.3, 0.4) is 0 Å². The minimum absolute atomic E-state index is 0.0763. The summed E-state index contributed by atoms with van der Waals surface area (Å²) in [6.45, 7) is 0. The molecule has 2 N–H and O–H groups in total. The predicted molar refractivity (Wildman–Crippen MR) is 88.8 cm³/mol. The van der Waals surface area contributed by atoms with Crippen LogP contribution in [0.1, 0.15) is 22.7 Å². The summed E-state index contributed by atoms with van der Waals surface area (Å²) in [5, 5.41) is 6.22. The van der Waals surface area contributed by atoms with Gasteiger partial charge >= 0.3 is 0 Å². The van der Waals surface area contributed by atoms with Gasteiger partial charge in [-0.25, -0.2) is 0 Å². The molecule has 3 rings (SSSR count). The molecule has 1 unspecified atom stereocenters. The lowest BCUT2D eigenvalue weighted by Gasteiger charge is -2.18. The summed E-state index contributed by atoms with van der Waals surface area (Å²) in [6, 6.07) is 14.8. The Morgan fingerprint density at radius 1 is 1.15 bits per heavy atom. The van der Waals surface area contributed by atoms with Gasteiger partial charge in [0.2, 0.25) is 5.91 Å². The Morgan fingerprint density at radius 3 is 2.55 bits per heavy atom. The summed E-state index contributed by atoms with van der Waals surface area (Å²) < 4.78 is 1.23. The van der Waals surface area contributed by atoms with Gasteiger partial charge in [0.1, 0.15) is 0 Å². The molecule has 1 atom stereocenters. The molecular weight excluding hydrogens is 363 g/mol. The minimum atomic E-state index is 0.0763. The molecule has 3 nitrogen and oxygen atoms in total. The summed E-state index contributed by atoms with van der Waals surface area (Å²) >= 11 is 2.31. The van der Waals surface area contributed by atoms with Gasteiger partial charge in [-0.05, 0) is 64.5 Å². The Balaban J connectivity index is 1.96. The second kappa shape index (κ2) is 5.54. The van der Waals surface area contributed by atoms with Crippen LogP contribution in [0.2, 0.25) is 0 Å². The molecule has 0 bridgehead atoms. The van der Waals surface area contributed by atoms with Crippen molar-refractivity contribution in [3.05, 3.63) is 62.7 Å². The largest absolute Gasteiger partial charge is 0.326 e. The number of anilines is 1. The molecule has 1 aliphatic heterocycles. The lowest BCUT2D eigenvalue weighted by molar-refractivity contribution is -0.115. The van der Waals surface area contributed by atoms with Gasteiger partial charge in [0.15, 0.2) is 0 Å². The number of amides is 1. The van der Waals surface area contributed by atoms with E-state index in [1.807, 2.05) is 13.1 Å². The van der Waals surface area contributed by atoms with Crippen LogP contribution in [-0.4, -0.2) is 13.0 Å². The number of hydrogen-bond donors (Lipinski definition) is 2. The summed E-state index contributed by atoms with van der Waals surface area (Å²) in [7, 11) is 1.96.